The van der Waals surface area contributed by atoms with Gasteiger partial charge in [0, 0.05) is 0 Å². The van der Waals surface area contributed by atoms with Gasteiger partial charge in [-0.05, 0) is 12.8 Å². The molecule has 1 N–H and O–H groups in total. The molecule has 1 saturated carbocycles. The lowest BCUT2D eigenvalue weighted by molar-refractivity contribution is -0.126. The number of hydrogen-bond donors (Lipinski definition) is 1. The minimum absolute atomic E-state index is 0.0961. The molecule has 0 aromatic rings. The van der Waals surface area contributed by atoms with E-state index in [9.17, 15) is 9.59 Å². The van der Waals surface area contributed by atoms with E-state index in [-0.39, 0.29) is 35.9 Å². The zero-order chi connectivity index (χ0) is 8.29. The topological polar surface area (TPSA) is 58.7 Å². The maximum absolute atomic E-state index is 11.2. The molecule has 3 aliphatic rings. The van der Waals surface area contributed by atoms with Gasteiger partial charge in [-0.3, -0.25) is 14.9 Å². The van der Waals surface area contributed by atoms with Crippen LogP contribution in [0.25, 0.3) is 0 Å². The van der Waals surface area contributed by atoms with E-state index in [1.54, 1.807) is 0 Å². The predicted octanol–water partition coefficient (Wildman–Crippen LogP) is -0.564. The van der Waals surface area contributed by atoms with Crippen molar-refractivity contribution in [3.63, 3.8) is 0 Å². The summed E-state index contributed by atoms with van der Waals surface area (Å²) in [7, 11) is 0. The van der Waals surface area contributed by atoms with Gasteiger partial charge in [0.05, 0.1) is 24.0 Å². The number of carbonyl (C=O) groups is 2. The molecule has 4 heteroatoms. The van der Waals surface area contributed by atoms with E-state index >= 15 is 0 Å². The Hall–Kier alpha value is -0.900. The molecular weight excluding hydrogens is 158 g/mol. The molecule has 3 rings (SSSR count). The second-order valence-electron chi connectivity index (χ2n) is 3.75. The van der Waals surface area contributed by atoms with E-state index in [0.29, 0.717) is 0 Å². The fourth-order valence-electron chi connectivity index (χ4n) is 2.31. The summed E-state index contributed by atoms with van der Waals surface area (Å²) < 4.78 is 5.28. The number of epoxide rings is 1. The molecule has 0 aromatic carbocycles. The first-order valence-corrected chi connectivity index (χ1v) is 4.26. The van der Waals surface area contributed by atoms with Gasteiger partial charge >= 0.3 is 0 Å². The number of carbonyl (C=O) groups excluding carboxylic acids is 2. The monoisotopic (exact) mass is 167 g/mol. The van der Waals surface area contributed by atoms with Crippen LogP contribution in [0.1, 0.15) is 12.8 Å². The Balaban J connectivity index is 1.90. The average molecular weight is 167 g/mol. The summed E-state index contributed by atoms with van der Waals surface area (Å²) in [6.07, 6.45) is 2.02. The SMILES string of the molecule is O=C1NC(=O)C2CC3OC3CC12. The van der Waals surface area contributed by atoms with Crippen LogP contribution in [0, 0.1) is 11.8 Å². The normalized spacial score (nSPS) is 49.7. The number of hydrogen-bond acceptors (Lipinski definition) is 3. The molecule has 4 nitrogen and oxygen atoms in total. The molecule has 2 saturated heterocycles. The predicted molar refractivity (Wildman–Crippen MR) is 38.0 cm³/mol. The van der Waals surface area contributed by atoms with Crippen LogP contribution >= 0.6 is 0 Å². The van der Waals surface area contributed by atoms with Gasteiger partial charge in [-0.15, -0.1) is 0 Å². The quantitative estimate of drug-likeness (QED) is 0.388. The first-order chi connectivity index (χ1) is 5.75. The molecule has 3 fully saturated rings. The van der Waals surface area contributed by atoms with Gasteiger partial charge in [0.25, 0.3) is 0 Å². The van der Waals surface area contributed by atoms with Crippen molar-refractivity contribution in [1.82, 2.24) is 5.32 Å². The number of imide groups is 1. The third-order valence-electron chi connectivity index (χ3n) is 3.07. The van der Waals surface area contributed by atoms with Crippen molar-refractivity contribution in [3.05, 3.63) is 0 Å². The van der Waals surface area contributed by atoms with Gasteiger partial charge in [0.1, 0.15) is 0 Å². The number of fused-ring (bicyclic) bond motifs is 2. The van der Waals surface area contributed by atoms with Gasteiger partial charge in [-0.1, -0.05) is 0 Å². The maximum Gasteiger partial charge on any atom is 0.230 e. The lowest BCUT2D eigenvalue weighted by Crippen LogP contribution is -2.26. The highest BCUT2D eigenvalue weighted by Crippen LogP contribution is 2.44. The molecule has 1 aliphatic carbocycles. The van der Waals surface area contributed by atoms with Crippen molar-refractivity contribution in [2.75, 3.05) is 0 Å². The minimum Gasteiger partial charge on any atom is -0.370 e. The van der Waals surface area contributed by atoms with Crippen molar-refractivity contribution >= 4 is 11.8 Å². The van der Waals surface area contributed by atoms with Gasteiger partial charge in [0.2, 0.25) is 11.8 Å². The highest BCUT2D eigenvalue weighted by atomic mass is 16.6. The molecule has 0 spiro atoms. The van der Waals surface area contributed by atoms with Gasteiger partial charge < -0.3 is 4.74 Å². The van der Waals surface area contributed by atoms with Crippen molar-refractivity contribution < 1.29 is 14.3 Å². The van der Waals surface area contributed by atoms with Crippen molar-refractivity contribution in [3.8, 4) is 0 Å². The Morgan fingerprint density at radius 3 is 2.08 bits per heavy atom. The molecule has 2 heterocycles. The summed E-state index contributed by atoms with van der Waals surface area (Å²) >= 11 is 0. The molecule has 2 aliphatic heterocycles. The van der Waals surface area contributed by atoms with Crippen LogP contribution in [0.2, 0.25) is 0 Å². The highest BCUT2D eigenvalue weighted by molar-refractivity contribution is 6.05. The van der Waals surface area contributed by atoms with E-state index in [4.69, 9.17) is 4.74 Å². The summed E-state index contributed by atoms with van der Waals surface area (Å²) in [4.78, 5) is 22.4. The van der Waals surface area contributed by atoms with E-state index in [1.807, 2.05) is 0 Å². The zero-order valence-corrected chi connectivity index (χ0v) is 6.45. The minimum atomic E-state index is -0.0982. The Morgan fingerprint density at radius 1 is 1.08 bits per heavy atom. The fourth-order valence-corrected chi connectivity index (χ4v) is 2.31. The van der Waals surface area contributed by atoms with Crippen LogP contribution in [-0.2, 0) is 14.3 Å². The van der Waals surface area contributed by atoms with E-state index < -0.39 is 0 Å². The van der Waals surface area contributed by atoms with Crippen molar-refractivity contribution in [1.29, 1.82) is 0 Å². The van der Waals surface area contributed by atoms with Crippen molar-refractivity contribution in [2.45, 2.75) is 25.0 Å². The average Bonchev–Trinajstić information content (AvgIpc) is 2.73. The van der Waals surface area contributed by atoms with Gasteiger partial charge in [-0.25, -0.2) is 0 Å². The lowest BCUT2D eigenvalue weighted by atomic mass is 9.81. The molecule has 0 radical (unpaired) electrons. The van der Waals surface area contributed by atoms with Crippen LogP contribution in [0.3, 0.4) is 0 Å². The maximum atomic E-state index is 11.2. The number of rotatable bonds is 0. The van der Waals surface area contributed by atoms with Crippen LogP contribution in [-0.4, -0.2) is 24.0 Å². The molecule has 4 atom stereocenters. The Morgan fingerprint density at radius 2 is 1.58 bits per heavy atom. The molecule has 12 heavy (non-hydrogen) atoms. The van der Waals surface area contributed by atoms with Crippen LogP contribution in [0.4, 0.5) is 0 Å². The third-order valence-corrected chi connectivity index (χ3v) is 3.07. The molecular formula is C8H9NO3. The number of ether oxygens (including phenoxy) is 1. The highest BCUT2D eigenvalue weighted by Gasteiger charge is 2.55. The van der Waals surface area contributed by atoms with Crippen LogP contribution in [0.15, 0.2) is 0 Å². The third kappa shape index (κ3) is 0.705. The second-order valence-corrected chi connectivity index (χ2v) is 3.75. The summed E-state index contributed by atoms with van der Waals surface area (Å²) in [6.45, 7) is 0. The Labute approximate surface area is 69.3 Å². The molecule has 2 amide bonds. The fraction of sp³-hybridized carbons (Fsp3) is 0.750. The molecule has 4 unspecified atom stereocenters. The van der Waals surface area contributed by atoms with E-state index in [2.05, 4.69) is 5.32 Å². The molecule has 0 aromatic heterocycles. The van der Waals surface area contributed by atoms with Gasteiger partial charge in [0.15, 0.2) is 0 Å². The standard InChI is InChI=1S/C8H9NO3/c10-7-3-1-5-6(12-5)2-4(3)8(11)9-7/h3-6H,1-2H2,(H,9,10,11). The Kier molecular flexibility index (Phi) is 1.03. The lowest BCUT2D eigenvalue weighted by Gasteiger charge is -2.16. The number of nitrogens with one attached hydrogen (secondary N) is 1. The zero-order valence-electron chi connectivity index (χ0n) is 6.45. The van der Waals surface area contributed by atoms with E-state index in [1.165, 1.54) is 0 Å². The van der Waals surface area contributed by atoms with Crippen molar-refractivity contribution in [2.24, 2.45) is 11.8 Å². The largest absolute Gasteiger partial charge is 0.370 e. The Bertz CT molecular complexity index is 249. The summed E-state index contributed by atoms with van der Waals surface area (Å²) in [5, 5.41) is 2.37. The smallest absolute Gasteiger partial charge is 0.230 e. The van der Waals surface area contributed by atoms with E-state index in [0.717, 1.165) is 12.8 Å². The molecule has 64 valence electrons. The number of amides is 2. The first kappa shape index (κ1) is 6.60. The van der Waals surface area contributed by atoms with Crippen LogP contribution < -0.4 is 5.32 Å². The summed E-state index contributed by atoms with van der Waals surface area (Å²) in [6, 6.07) is 0. The summed E-state index contributed by atoms with van der Waals surface area (Å²) in [5.74, 6) is -0.389. The first-order valence-electron chi connectivity index (χ1n) is 4.26. The molecule has 0 bridgehead atoms. The second kappa shape index (κ2) is 1.88. The summed E-state index contributed by atoms with van der Waals surface area (Å²) in [5.41, 5.74) is 0. The van der Waals surface area contributed by atoms with Gasteiger partial charge in [-0.2, -0.15) is 0 Å². The van der Waals surface area contributed by atoms with Crippen LogP contribution in [0.5, 0.6) is 0 Å².